The van der Waals surface area contributed by atoms with Crippen molar-refractivity contribution in [2.45, 2.75) is 51.7 Å². The SMILES string of the molecule is CC(C)(C)OC(=O)N1CCC(=O)C2(CC(N)C2)C1. The first-order valence-corrected chi connectivity index (χ1v) is 6.49. The van der Waals surface area contributed by atoms with Gasteiger partial charge >= 0.3 is 6.09 Å². The van der Waals surface area contributed by atoms with Crippen LogP contribution in [0.3, 0.4) is 0 Å². The Morgan fingerprint density at radius 2 is 2.06 bits per heavy atom. The Kier molecular flexibility index (Phi) is 3.13. The van der Waals surface area contributed by atoms with Gasteiger partial charge in [-0.1, -0.05) is 0 Å². The van der Waals surface area contributed by atoms with Gasteiger partial charge in [-0.2, -0.15) is 0 Å². The predicted octanol–water partition coefficient (Wildman–Crippen LogP) is 1.30. The lowest BCUT2D eigenvalue weighted by molar-refractivity contribution is -0.140. The minimum absolute atomic E-state index is 0.104. The van der Waals surface area contributed by atoms with Gasteiger partial charge in [0, 0.05) is 31.0 Å². The van der Waals surface area contributed by atoms with Gasteiger partial charge in [-0.3, -0.25) is 4.79 Å². The number of hydrogen-bond donors (Lipinski definition) is 1. The number of nitrogens with two attached hydrogens (primary N) is 1. The average Bonchev–Trinajstić information content (AvgIpc) is 2.16. The number of piperidine rings is 1. The maximum absolute atomic E-state index is 12.0. The van der Waals surface area contributed by atoms with E-state index in [1.807, 2.05) is 20.8 Å². The number of carbonyl (C=O) groups excluding carboxylic acids is 2. The number of hydrogen-bond acceptors (Lipinski definition) is 4. The fourth-order valence-corrected chi connectivity index (χ4v) is 2.82. The van der Waals surface area contributed by atoms with Crippen LogP contribution in [0.2, 0.25) is 0 Å². The molecule has 5 heteroatoms. The molecule has 0 aromatic rings. The third-order valence-electron chi connectivity index (χ3n) is 3.65. The number of Topliss-reactive ketones (excluding diaryl/α,β-unsaturated/α-hetero) is 1. The molecule has 0 radical (unpaired) electrons. The monoisotopic (exact) mass is 254 g/mol. The Balaban J connectivity index is 2.00. The molecule has 0 unspecified atom stereocenters. The normalized spacial score (nSPS) is 32.3. The summed E-state index contributed by atoms with van der Waals surface area (Å²) in [7, 11) is 0. The smallest absolute Gasteiger partial charge is 0.410 e. The molecule has 2 N–H and O–H groups in total. The molecular weight excluding hydrogens is 232 g/mol. The molecule has 1 saturated heterocycles. The average molecular weight is 254 g/mol. The van der Waals surface area contributed by atoms with Gasteiger partial charge < -0.3 is 15.4 Å². The zero-order valence-electron chi connectivity index (χ0n) is 11.4. The van der Waals surface area contributed by atoms with Crippen LogP contribution in [-0.4, -0.2) is 41.5 Å². The molecule has 18 heavy (non-hydrogen) atoms. The van der Waals surface area contributed by atoms with Crippen LogP contribution in [0.4, 0.5) is 4.79 Å². The van der Waals surface area contributed by atoms with Gasteiger partial charge in [0.1, 0.15) is 11.4 Å². The first kappa shape index (κ1) is 13.3. The quantitative estimate of drug-likeness (QED) is 0.707. The van der Waals surface area contributed by atoms with Crippen LogP contribution in [0.1, 0.15) is 40.0 Å². The molecule has 1 saturated carbocycles. The maximum Gasteiger partial charge on any atom is 0.410 e. The third kappa shape index (κ3) is 2.51. The van der Waals surface area contributed by atoms with Gasteiger partial charge in [0.2, 0.25) is 0 Å². The van der Waals surface area contributed by atoms with Crippen LogP contribution in [0.25, 0.3) is 0 Å². The Morgan fingerprint density at radius 3 is 2.56 bits per heavy atom. The van der Waals surface area contributed by atoms with Gasteiger partial charge in [0.05, 0.1) is 0 Å². The number of ketones is 1. The molecule has 102 valence electrons. The third-order valence-corrected chi connectivity index (χ3v) is 3.65. The van der Waals surface area contributed by atoms with E-state index in [4.69, 9.17) is 10.5 Å². The topological polar surface area (TPSA) is 72.6 Å². The van der Waals surface area contributed by atoms with Crippen molar-refractivity contribution in [1.29, 1.82) is 0 Å². The highest BCUT2D eigenvalue weighted by Gasteiger charge is 2.52. The Labute approximate surface area is 108 Å². The molecule has 1 heterocycles. The van der Waals surface area contributed by atoms with Crippen LogP contribution in [0.5, 0.6) is 0 Å². The van der Waals surface area contributed by atoms with Gasteiger partial charge in [0.25, 0.3) is 0 Å². The molecule has 1 spiro atoms. The standard InChI is InChI=1S/C13H22N2O3/c1-12(2,3)18-11(17)15-5-4-10(16)13(8-15)6-9(14)7-13/h9H,4-8,14H2,1-3H3. The molecule has 0 aromatic carbocycles. The summed E-state index contributed by atoms with van der Waals surface area (Å²) >= 11 is 0. The minimum Gasteiger partial charge on any atom is -0.444 e. The molecule has 2 aliphatic rings. The molecule has 1 aliphatic carbocycles. The molecular formula is C13H22N2O3. The molecule has 2 fully saturated rings. The van der Waals surface area contributed by atoms with Crippen molar-refractivity contribution in [2.75, 3.05) is 13.1 Å². The number of amides is 1. The van der Waals surface area contributed by atoms with Crippen LogP contribution in [-0.2, 0) is 9.53 Å². The summed E-state index contributed by atoms with van der Waals surface area (Å²) < 4.78 is 5.35. The van der Waals surface area contributed by atoms with E-state index >= 15 is 0 Å². The second kappa shape index (κ2) is 4.23. The van der Waals surface area contributed by atoms with E-state index in [-0.39, 0.29) is 23.3 Å². The van der Waals surface area contributed by atoms with Gasteiger partial charge in [-0.05, 0) is 33.6 Å². The maximum atomic E-state index is 12.0. The highest BCUT2D eigenvalue weighted by molar-refractivity contribution is 5.88. The van der Waals surface area contributed by atoms with Crippen molar-refractivity contribution >= 4 is 11.9 Å². The van der Waals surface area contributed by atoms with Crippen molar-refractivity contribution in [3.63, 3.8) is 0 Å². The van der Waals surface area contributed by atoms with Gasteiger partial charge in [-0.15, -0.1) is 0 Å². The largest absolute Gasteiger partial charge is 0.444 e. The number of ether oxygens (including phenoxy) is 1. The first-order valence-electron chi connectivity index (χ1n) is 6.49. The molecule has 5 nitrogen and oxygen atoms in total. The Bertz CT molecular complexity index is 367. The summed E-state index contributed by atoms with van der Waals surface area (Å²) in [6, 6.07) is 0.104. The summed E-state index contributed by atoms with van der Waals surface area (Å²) in [6.07, 6.45) is 1.50. The van der Waals surface area contributed by atoms with Crippen molar-refractivity contribution in [1.82, 2.24) is 4.90 Å². The predicted molar refractivity (Wildman–Crippen MR) is 67.1 cm³/mol. The van der Waals surface area contributed by atoms with Crippen LogP contribution in [0.15, 0.2) is 0 Å². The van der Waals surface area contributed by atoms with E-state index in [1.54, 1.807) is 4.90 Å². The minimum atomic E-state index is -0.498. The fraction of sp³-hybridized carbons (Fsp3) is 0.846. The zero-order chi connectivity index (χ0) is 13.6. The van der Waals surface area contributed by atoms with E-state index in [0.717, 1.165) is 0 Å². The second-order valence-corrected chi connectivity index (χ2v) is 6.52. The van der Waals surface area contributed by atoms with E-state index in [1.165, 1.54) is 0 Å². The van der Waals surface area contributed by atoms with Gasteiger partial charge in [-0.25, -0.2) is 4.79 Å². The van der Waals surface area contributed by atoms with Crippen LogP contribution in [0, 0.1) is 5.41 Å². The second-order valence-electron chi connectivity index (χ2n) is 6.52. The summed E-state index contributed by atoms with van der Waals surface area (Å²) in [5.74, 6) is 0.254. The molecule has 2 rings (SSSR count). The lowest BCUT2D eigenvalue weighted by atomic mass is 9.61. The molecule has 1 amide bonds. The lowest BCUT2D eigenvalue weighted by Crippen LogP contribution is -2.61. The van der Waals surface area contributed by atoms with Crippen molar-refractivity contribution < 1.29 is 14.3 Å². The number of rotatable bonds is 0. The van der Waals surface area contributed by atoms with Crippen LogP contribution < -0.4 is 5.73 Å². The highest BCUT2D eigenvalue weighted by Crippen LogP contribution is 2.44. The Hall–Kier alpha value is -1.10. The Morgan fingerprint density at radius 1 is 1.44 bits per heavy atom. The summed E-state index contributed by atoms with van der Waals surface area (Å²) in [5, 5.41) is 0. The summed E-state index contributed by atoms with van der Waals surface area (Å²) in [5.41, 5.74) is 4.90. The van der Waals surface area contributed by atoms with Crippen molar-refractivity contribution in [2.24, 2.45) is 11.1 Å². The number of likely N-dealkylation sites (tertiary alicyclic amines) is 1. The van der Waals surface area contributed by atoms with Crippen molar-refractivity contribution in [3.8, 4) is 0 Å². The van der Waals surface area contributed by atoms with Crippen molar-refractivity contribution in [3.05, 3.63) is 0 Å². The first-order chi connectivity index (χ1) is 8.22. The summed E-state index contributed by atoms with van der Waals surface area (Å²) in [4.78, 5) is 25.6. The van der Waals surface area contributed by atoms with E-state index < -0.39 is 5.60 Å². The highest BCUT2D eigenvalue weighted by atomic mass is 16.6. The van der Waals surface area contributed by atoms with E-state index in [2.05, 4.69) is 0 Å². The molecule has 1 aliphatic heterocycles. The van der Waals surface area contributed by atoms with E-state index in [0.29, 0.717) is 32.4 Å². The summed E-state index contributed by atoms with van der Waals surface area (Å²) in [6.45, 7) is 6.46. The van der Waals surface area contributed by atoms with E-state index in [9.17, 15) is 9.59 Å². The zero-order valence-corrected chi connectivity index (χ0v) is 11.4. The van der Waals surface area contributed by atoms with Gasteiger partial charge in [0.15, 0.2) is 0 Å². The lowest BCUT2D eigenvalue weighted by Gasteiger charge is -2.50. The molecule has 0 atom stereocenters. The molecule has 0 bridgehead atoms. The number of nitrogens with zero attached hydrogens (tertiary/aromatic N) is 1. The fourth-order valence-electron chi connectivity index (χ4n) is 2.82. The number of carbonyl (C=O) groups is 2. The molecule has 0 aromatic heterocycles. The van der Waals surface area contributed by atoms with Crippen LogP contribution >= 0.6 is 0 Å².